The van der Waals surface area contributed by atoms with Gasteiger partial charge in [0.1, 0.15) is 10.6 Å². The molecule has 3 heterocycles. The van der Waals surface area contributed by atoms with Gasteiger partial charge in [-0.25, -0.2) is 14.8 Å². The molecule has 1 aromatic carbocycles. The third kappa shape index (κ3) is 3.16. The van der Waals surface area contributed by atoms with E-state index in [1.54, 1.807) is 25.1 Å². The van der Waals surface area contributed by atoms with Crippen molar-refractivity contribution in [3.8, 4) is 0 Å². The summed E-state index contributed by atoms with van der Waals surface area (Å²) in [6.07, 6.45) is 0. The van der Waals surface area contributed by atoms with Gasteiger partial charge in [0, 0.05) is 5.69 Å². The molecule has 1 amide bonds. The van der Waals surface area contributed by atoms with E-state index in [2.05, 4.69) is 25.3 Å². The number of benzene rings is 1. The molecule has 1 unspecified atom stereocenters. The first kappa shape index (κ1) is 16.6. The lowest BCUT2D eigenvalue weighted by atomic mass is 10.2. The standard InChI is InChI=1S/C16H14N6O2S2/c1-7(26-16-21-12(17)9-4-5-25-14(9)22-16)13(23)18-8-2-3-10-11(6-8)20-15(24)19-10/h2-7H,1H3,(H,18,23)(H2,17,21,22)(H2,19,20,24). The SMILES string of the molecule is CC(Sc1nc(N)c2ccsc2n1)C(=O)Nc1ccc2[nH]c(=O)[nH]c2c1. The highest BCUT2D eigenvalue weighted by Gasteiger charge is 2.18. The zero-order valence-electron chi connectivity index (χ0n) is 13.6. The molecule has 10 heteroatoms. The number of carbonyl (C=O) groups is 1. The van der Waals surface area contributed by atoms with Crippen LogP contribution in [0.3, 0.4) is 0 Å². The molecule has 0 aliphatic carbocycles. The van der Waals surface area contributed by atoms with Crippen LogP contribution in [0.4, 0.5) is 11.5 Å². The smallest absolute Gasteiger partial charge is 0.323 e. The van der Waals surface area contributed by atoms with Gasteiger partial charge >= 0.3 is 5.69 Å². The van der Waals surface area contributed by atoms with E-state index in [0.29, 0.717) is 27.7 Å². The maximum Gasteiger partial charge on any atom is 0.323 e. The second-order valence-corrected chi connectivity index (χ2v) is 7.82. The van der Waals surface area contributed by atoms with Gasteiger partial charge in [0.25, 0.3) is 0 Å². The molecule has 0 aliphatic rings. The summed E-state index contributed by atoms with van der Waals surface area (Å²) in [6.45, 7) is 1.77. The van der Waals surface area contributed by atoms with Crippen molar-refractivity contribution in [3.63, 3.8) is 0 Å². The molecule has 26 heavy (non-hydrogen) atoms. The number of anilines is 2. The Labute approximate surface area is 155 Å². The fourth-order valence-corrected chi connectivity index (χ4v) is 4.08. The number of thioether (sulfide) groups is 1. The van der Waals surface area contributed by atoms with Crippen molar-refractivity contribution in [3.05, 3.63) is 40.1 Å². The van der Waals surface area contributed by atoms with E-state index in [-0.39, 0.29) is 11.6 Å². The molecule has 0 bridgehead atoms. The van der Waals surface area contributed by atoms with Crippen LogP contribution in [0.2, 0.25) is 0 Å². The molecule has 4 aromatic rings. The molecule has 0 radical (unpaired) electrons. The van der Waals surface area contributed by atoms with E-state index in [1.165, 1.54) is 23.1 Å². The van der Waals surface area contributed by atoms with E-state index < -0.39 is 5.25 Å². The quantitative estimate of drug-likeness (QED) is 0.315. The molecule has 132 valence electrons. The first-order valence-electron chi connectivity index (χ1n) is 7.70. The third-order valence-corrected chi connectivity index (χ3v) is 5.54. The Kier molecular flexibility index (Phi) is 4.13. The lowest BCUT2D eigenvalue weighted by Crippen LogP contribution is -2.22. The Hall–Kier alpha value is -2.85. The number of amides is 1. The van der Waals surface area contributed by atoms with Gasteiger partial charge in [-0.2, -0.15) is 0 Å². The molecule has 1 atom stereocenters. The van der Waals surface area contributed by atoms with Crippen LogP contribution in [-0.4, -0.2) is 31.1 Å². The Bertz CT molecular complexity index is 1180. The van der Waals surface area contributed by atoms with Crippen molar-refractivity contribution in [1.82, 2.24) is 19.9 Å². The van der Waals surface area contributed by atoms with Crippen LogP contribution in [0.25, 0.3) is 21.3 Å². The Morgan fingerprint density at radius 1 is 1.27 bits per heavy atom. The number of fused-ring (bicyclic) bond motifs is 2. The van der Waals surface area contributed by atoms with Crippen molar-refractivity contribution in [1.29, 1.82) is 0 Å². The molecular weight excluding hydrogens is 372 g/mol. The van der Waals surface area contributed by atoms with E-state index in [1.807, 2.05) is 11.4 Å². The Morgan fingerprint density at radius 3 is 2.92 bits per heavy atom. The second-order valence-electron chi connectivity index (χ2n) is 5.62. The minimum absolute atomic E-state index is 0.194. The number of nitrogens with one attached hydrogen (secondary N) is 3. The minimum Gasteiger partial charge on any atom is -0.383 e. The first-order chi connectivity index (χ1) is 12.5. The molecule has 0 saturated carbocycles. The predicted octanol–water partition coefficient (Wildman–Crippen LogP) is 2.56. The highest BCUT2D eigenvalue weighted by molar-refractivity contribution is 8.00. The number of nitrogen functional groups attached to an aromatic ring is 1. The summed E-state index contributed by atoms with van der Waals surface area (Å²) in [4.78, 5) is 38.6. The number of rotatable bonds is 4. The second kappa shape index (κ2) is 6.46. The van der Waals surface area contributed by atoms with Gasteiger partial charge in [-0.1, -0.05) is 11.8 Å². The van der Waals surface area contributed by atoms with Crippen LogP contribution < -0.4 is 16.7 Å². The highest BCUT2D eigenvalue weighted by atomic mass is 32.2. The summed E-state index contributed by atoms with van der Waals surface area (Å²) in [5.74, 6) is 0.217. The summed E-state index contributed by atoms with van der Waals surface area (Å²) < 4.78 is 0. The minimum atomic E-state index is -0.423. The number of nitrogens with two attached hydrogens (primary N) is 1. The number of hydrogen-bond acceptors (Lipinski definition) is 7. The lowest BCUT2D eigenvalue weighted by Gasteiger charge is -2.11. The van der Waals surface area contributed by atoms with Gasteiger partial charge in [-0.3, -0.25) is 4.79 Å². The topological polar surface area (TPSA) is 130 Å². The van der Waals surface area contributed by atoms with Crippen LogP contribution >= 0.6 is 23.1 Å². The van der Waals surface area contributed by atoms with Gasteiger partial charge in [0.05, 0.1) is 21.7 Å². The molecule has 8 nitrogen and oxygen atoms in total. The van der Waals surface area contributed by atoms with Gasteiger partial charge in [-0.15, -0.1) is 11.3 Å². The van der Waals surface area contributed by atoms with E-state index in [9.17, 15) is 9.59 Å². The van der Waals surface area contributed by atoms with Gasteiger partial charge in [-0.05, 0) is 36.6 Å². The number of aromatic nitrogens is 4. The fraction of sp³-hybridized carbons (Fsp3) is 0.125. The number of carbonyl (C=O) groups excluding carboxylic acids is 1. The molecule has 3 aromatic heterocycles. The molecule has 5 N–H and O–H groups in total. The molecule has 0 spiro atoms. The van der Waals surface area contributed by atoms with E-state index in [0.717, 1.165) is 10.2 Å². The van der Waals surface area contributed by atoms with Crippen LogP contribution in [0.15, 0.2) is 39.6 Å². The van der Waals surface area contributed by atoms with Crippen molar-refractivity contribution in [2.75, 3.05) is 11.1 Å². The number of H-pyrrole nitrogens is 2. The van der Waals surface area contributed by atoms with Crippen LogP contribution in [0, 0.1) is 0 Å². The molecular formula is C16H14N6O2S2. The summed E-state index contributed by atoms with van der Waals surface area (Å²) in [5, 5.41) is 5.60. The summed E-state index contributed by atoms with van der Waals surface area (Å²) in [6, 6.07) is 7.04. The number of thiophene rings is 1. The summed E-state index contributed by atoms with van der Waals surface area (Å²) in [5.41, 5.74) is 7.57. The van der Waals surface area contributed by atoms with E-state index in [4.69, 9.17) is 5.73 Å². The Balaban J connectivity index is 1.50. The van der Waals surface area contributed by atoms with Crippen molar-refractivity contribution in [2.24, 2.45) is 0 Å². The van der Waals surface area contributed by atoms with Crippen LogP contribution in [0.1, 0.15) is 6.92 Å². The largest absolute Gasteiger partial charge is 0.383 e. The number of imidazole rings is 1. The summed E-state index contributed by atoms with van der Waals surface area (Å²) in [7, 11) is 0. The molecule has 0 fully saturated rings. The highest BCUT2D eigenvalue weighted by Crippen LogP contribution is 2.28. The van der Waals surface area contributed by atoms with Gasteiger partial charge in [0.2, 0.25) is 5.91 Å². The fourth-order valence-electron chi connectivity index (χ4n) is 2.48. The maximum absolute atomic E-state index is 12.5. The van der Waals surface area contributed by atoms with Crippen LogP contribution in [0.5, 0.6) is 0 Å². The summed E-state index contributed by atoms with van der Waals surface area (Å²) >= 11 is 2.72. The predicted molar refractivity (Wildman–Crippen MR) is 105 cm³/mol. The normalized spacial score (nSPS) is 12.5. The number of hydrogen-bond donors (Lipinski definition) is 4. The zero-order chi connectivity index (χ0) is 18.3. The van der Waals surface area contributed by atoms with Crippen molar-refractivity contribution in [2.45, 2.75) is 17.3 Å². The van der Waals surface area contributed by atoms with Crippen LogP contribution in [-0.2, 0) is 4.79 Å². The monoisotopic (exact) mass is 386 g/mol. The van der Waals surface area contributed by atoms with Gasteiger partial charge < -0.3 is 21.0 Å². The lowest BCUT2D eigenvalue weighted by molar-refractivity contribution is -0.115. The van der Waals surface area contributed by atoms with Crippen molar-refractivity contribution < 1.29 is 4.79 Å². The number of aromatic amines is 2. The Morgan fingerprint density at radius 2 is 2.08 bits per heavy atom. The maximum atomic E-state index is 12.5. The number of nitrogens with zero attached hydrogens (tertiary/aromatic N) is 2. The first-order valence-corrected chi connectivity index (χ1v) is 9.46. The molecule has 4 rings (SSSR count). The average molecular weight is 386 g/mol. The van der Waals surface area contributed by atoms with Gasteiger partial charge in [0.15, 0.2) is 5.16 Å². The zero-order valence-corrected chi connectivity index (χ0v) is 15.2. The molecule has 0 saturated heterocycles. The molecule has 0 aliphatic heterocycles. The van der Waals surface area contributed by atoms with E-state index >= 15 is 0 Å². The third-order valence-electron chi connectivity index (χ3n) is 3.77. The average Bonchev–Trinajstić information content (AvgIpc) is 3.19. The van der Waals surface area contributed by atoms with Crippen molar-refractivity contribution >= 4 is 61.8 Å².